The van der Waals surface area contributed by atoms with Crippen molar-refractivity contribution in [2.45, 2.75) is 90.9 Å². The van der Waals surface area contributed by atoms with E-state index in [2.05, 4.69) is 6.92 Å². The van der Waals surface area contributed by atoms with Gasteiger partial charge in [0.1, 0.15) is 0 Å². The van der Waals surface area contributed by atoms with Gasteiger partial charge < -0.3 is 9.62 Å². The number of benzene rings is 1. The molecule has 0 aliphatic carbocycles. The fraction of sp³-hybridized carbons (Fsp3) is 0.750. The molecule has 0 saturated carbocycles. The number of hydrogen-bond acceptors (Lipinski definition) is 6. The molecule has 0 heterocycles. The van der Waals surface area contributed by atoms with Crippen molar-refractivity contribution in [1.82, 2.24) is 0 Å². The second-order valence-electron chi connectivity index (χ2n) is 7.67. The van der Waals surface area contributed by atoms with Crippen LogP contribution in [0.4, 0.5) is 0 Å². The molecular weight excluding hydrogens is 415 g/mol. The summed E-state index contributed by atoms with van der Waals surface area (Å²) in [7, 11) is -3.81. The third kappa shape index (κ3) is 16.4. The summed E-state index contributed by atoms with van der Waals surface area (Å²) < 4.78 is 33.9. The van der Waals surface area contributed by atoms with Crippen LogP contribution in [0.25, 0.3) is 0 Å². The van der Waals surface area contributed by atoms with Gasteiger partial charge in [-0.1, -0.05) is 100 Å². The average Bonchev–Trinajstić information content (AvgIpc) is 2.79. The van der Waals surface area contributed by atoms with E-state index in [1.807, 2.05) is 13.0 Å². The first-order valence-corrected chi connectivity index (χ1v) is 13.5. The molecule has 1 aromatic rings. The van der Waals surface area contributed by atoms with Gasteiger partial charge in [-0.25, -0.2) is 4.57 Å². The zero-order valence-electron chi connectivity index (χ0n) is 19.6. The lowest BCUT2D eigenvalue weighted by atomic mass is 10.1. The van der Waals surface area contributed by atoms with Crippen LogP contribution in [-0.4, -0.2) is 26.4 Å². The van der Waals surface area contributed by atoms with E-state index in [0.717, 1.165) is 19.3 Å². The highest BCUT2D eigenvalue weighted by atomic mass is 31.2. The van der Waals surface area contributed by atoms with Gasteiger partial charge in [0.05, 0.1) is 19.8 Å². The standard InChI is InChI=1S/C24H43O6P/c1-3-5-6-7-8-9-10-11-12-13-14-18-21-27-31(25,28-23-22-26-4-2)30-29-24-19-16-15-17-20-24/h15-17,19-20H,3-14,18,21-23H2,1-2H3. The predicted molar refractivity (Wildman–Crippen MR) is 125 cm³/mol. The van der Waals surface area contributed by atoms with Crippen LogP contribution in [-0.2, 0) is 23.0 Å². The van der Waals surface area contributed by atoms with Gasteiger partial charge in [0.2, 0.25) is 0 Å². The van der Waals surface area contributed by atoms with Crippen molar-refractivity contribution in [3.63, 3.8) is 0 Å². The average molecular weight is 459 g/mol. The Morgan fingerprint density at radius 1 is 0.677 bits per heavy atom. The SMILES string of the molecule is CCCCCCCCCCCCCCOP(=O)(OCCOCC)OOc1ccccc1. The number of unbranched alkanes of at least 4 members (excludes halogenated alkanes) is 11. The summed E-state index contributed by atoms with van der Waals surface area (Å²) in [6.07, 6.45) is 15.0. The number of ether oxygens (including phenoxy) is 1. The van der Waals surface area contributed by atoms with E-state index < -0.39 is 7.82 Å². The van der Waals surface area contributed by atoms with Crippen LogP contribution in [0.3, 0.4) is 0 Å². The van der Waals surface area contributed by atoms with Crippen molar-refractivity contribution < 1.29 is 27.9 Å². The summed E-state index contributed by atoms with van der Waals surface area (Å²) in [4.78, 5) is 5.14. The largest absolute Gasteiger partial charge is 0.511 e. The number of hydrogen-bond donors (Lipinski definition) is 0. The molecule has 0 aliphatic heterocycles. The molecule has 6 nitrogen and oxygen atoms in total. The number of phosphoric ester groups is 1. The Hall–Kier alpha value is -0.910. The second-order valence-corrected chi connectivity index (χ2v) is 9.23. The van der Waals surface area contributed by atoms with Crippen LogP contribution >= 0.6 is 7.82 Å². The van der Waals surface area contributed by atoms with Gasteiger partial charge in [-0.05, 0) is 25.5 Å². The third-order valence-electron chi connectivity index (χ3n) is 4.90. The normalized spacial score (nSPS) is 13.2. The monoisotopic (exact) mass is 458 g/mol. The minimum Gasteiger partial charge on any atom is -0.379 e. The maximum Gasteiger partial charge on any atom is 0.511 e. The lowest BCUT2D eigenvalue weighted by Crippen LogP contribution is -2.08. The molecule has 1 unspecified atom stereocenters. The molecule has 1 atom stereocenters. The molecule has 0 saturated heterocycles. The van der Waals surface area contributed by atoms with E-state index in [0.29, 0.717) is 25.6 Å². The van der Waals surface area contributed by atoms with E-state index in [-0.39, 0.29) is 6.61 Å². The zero-order chi connectivity index (χ0) is 22.5. The Kier molecular flexibility index (Phi) is 17.9. The quantitative estimate of drug-likeness (QED) is 0.0762. The number of para-hydroxylation sites is 1. The van der Waals surface area contributed by atoms with E-state index in [1.54, 1.807) is 24.3 Å². The molecular formula is C24H43O6P. The van der Waals surface area contributed by atoms with Crippen LogP contribution in [0.5, 0.6) is 5.75 Å². The molecule has 0 amide bonds. The third-order valence-corrected chi connectivity index (χ3v) is 6.15. The van der Waals surface area contributed by atoms with Crippen LogP contribution in [0.15, 0.2) is 30.3 Å². The fourth-order valence-corrected chi connectivity index (χ4v) is 4.11. The molecule has 180 valence electrons. The van der Waals surface area contributed by atoms with Gasteiger partial charge >= 0.3 is 7.82 Å². The maximum absolute atomic E-state index is 12.8. The van der Waals surface area contributed by atoms with Gasteiger partial charge in [-0.15, -0.1) is 0 Å². The fourth-order valence-electron chi connectivity index (χ4n) is 3.12. The molecule has 31 heavy (non-hydrogen) atoms. The summed E-state index contributed by atoms with van der Waals surface area (Å²) in [5, 5.41) is 0. The van der Waals surface area contributed by atoms with E-state index in [4.69, 9.17) is 23.3 Å². The topological polar surface area (TPSA) is 63.2 Å². The van der Waals surface area contributed by atoms with Gasteiger partial charge in [0.15, 0.2) is 5.75 Å². The van der Waals surface area contributed by atoms with Crippen molar-refractivity contribution in [1.29, 1.82) is 0 Å². The summed E-state index contributed by atoms with van der Waals surface area (Å²) in [6, 6.07) is 8.86. The van der Waals surface area contributed by atoms with Crippen molar-refractivity contribution in [3.05, 3.63) is 30.3 Å². The van der Waals surface area contributed by atoms with Crippen molar-refractivity contribution >= 4 is 7.82 Å². The Labute approximate surface area is 189 Å². The Balaban J connectivity index is 2.15. The minimum absolute atomic E-state index is 0.113. The van der Waals surface area contributed by atoms with Gasteiger partial charge in [-0.3, -0.25) is 9.05 Å². The highest BCUT2D eigenvalue weighted by Gasteiger charge is 2.29. The van der Waals surface area contributed by atoms with Crippen LogP contribution in [0, 0.1) is 0 Å². The summed E-state index contributed by atoms with van der Waals surface area (Å²) >= 11 is 0. The molecule has 0 bridgehead atoms. The molecule has 1 aromatic carbocycles. The molecule has 0 aliphatic rings. The molecule has 0 fully saturated rings. The van der Waals surface area contributed by atoms with Gasteiger partial charge in [0, 0.05) is 6.61 Å². The number of phosphoric acid groups is 1. The van der Waals surface area contributed by atoms with Crippen molar-refractivity contribution in [2.75, 3.05) is 26.4 Å². The molecule has 1 rings (SSSR count). The highest BCUT2D eigenvalue weighted by molar-refractivity contribution is 7.48. The lowest BCUT2D eigenvalue weighted by molar-refractivity contribution is -0.133. The van der Waals surface area contributed by atoms with E-state index >= 15 is 0 Å². The second kappa shape index (κ2) is 19.8. The molecule has 0 N–H and O–H groups in total. The maximum atomic E-state index is 12.8. The molecule has 0 radical (unpaired) electrons. The zero-order valence-corrected chi connectivity index (χ0v) is 20.5. The van der Waals surface area contributed by atoms with Crippen molar-refractivity contribution in [3.8, 4) is 5.75 Å². The van der Waals surface area contributed by atoms with Crippen molar-refractivity contribution in [2.24, 2.45) is 0 Å². The lowest BCUT2D eigenvalue weighted by Gasteiger charge is -2.17. The van der Waals surface area contributed by atoms with Gasteiger partial charge in [0.25, 0.3) is 0 Å². The van der Waals surface area contributed by atoms with Gasteiger partial charge in [-0.2, -0.15) is 0 Å². The smallest absolute Gasteiger partial charge is 0.379 e. The Bertz CT molecular complexity index is 554. The summed E-state index contributed by atoms with van der Waals surface area (Å²) in [5.74, 6) is 0.435. The molecule has 0 aromatic heterocycles. The first-order valence-electron chi connectivity index (χ1n) is 12.1. The van der Waals surface area contributed by atoms with Crippen LogP contribution in [0.1, 0.15) is 90.9 Å². The van der Waals surface area contributed by atoms with Crippen LogP contribution in [0.2, 0.25) is 0 Å². The minimum atomic E-state index is -3.81. The molecule has 0 spiro atoms. The van der Waals surface area contributed by atoms with E-state index in [1.165, 1.54) is 57.8 Å². The summed E-state index contributed by atoms with van der Waals surface area (Å²) in [5.41, 5.74) is 0. The number of rotatable bonds is 22. The predicted octanol–water partition coefficient (Wildman–Crippen LogP) is 7.88. The summed E-state index contributed by atoms with van der Waals surface area (Å²) in [6.45, 7) is 5.44. The van der Waals surface area contributed by atoms with E-state index in [9.17, 15) is 4.57 Å². The first-order chi connectivity index (χ1) is 15.2. The first kappa shape index (κ1) is 28.1. The Morgan fingerprint density at radius 2 is 1.23 bits per heavy atom. The van der Waals surface area contributed by atoms with Crippen LogP contribution < -0.4 is 4.89 Å². The highest BCUT2D eigenvalue weighted by Crippen LogP contribution is 2.49. The molecule has 7 heteroatoms. The Morgan fingerprint density at radius 3 is 1.81 bits per heavy atom.